The van der Waals surface area contributed by atoms with Crippen LogP contribution in [-0.4, -0.2) is 20.6 Å². The molecule has 8 heteroatoms. The number of carbonyl (C=O) groups excluding carboxylic acids is 1. The molecule has 6 nitrogen and oxygen atoms in total. The Kier molecular flexibility index (Phi) is 7.97. The van der Waals surface area contributed by atoms with Crippen LogP contribution < -0.4 is 15.5 Å². The molecular formula is C32H34ClN5OS. The van der Waals surface area contributed by atoms with Crippen LogP contribution >= 0.6 is 23.8 Å². The predicted octanol–water partition coefficient (Wildman–Crippen LogP) is 7.48. The average molecular weight is 572 g/mol. The molecule has 1 fully saturated rings. The number of amides is 1. The number of halogens is 1. The van der Waals surface area contributed by atoms with Gasteiger partial charge >= 0.3 is 0 Å². The smallest absolute Gasteiger partial charge is 0.226 e. The van der Waals surface area contributed by atoms with E-state index in [4.69, 9.17) is 23.8 Å². The van der Waals surface area contributed by atoms with E-state index in [1.807, 2.05) is 50.2 Å². The Balaban J connectivity index is 1.60. The number of hydrogen-bond acceptors (Lipinski definition) is 3. The van der Waals surface area contributed by atoms with Crippen LogP contribution in [0.5, 0.6) is 0 Å². The molecule has 0 radical (unpaired) electrons. The number of aryl methyl sites for hydroxylation is 2. The lowest BCUT2D eigenvalue weighted by atomic mass is 9.96. The molecule has 206 valence electrons. The first kappa shape index (κ1) is 27.9. The van der Waals surface area contributed by atoms with Gasteiger partial charge in [0.1, 0.15) is 0 Å². The van der Waals surface area contributed by atoms with Crippen molar-refractivity contribution >= 4 is 46.2 Å². The Morgan fingerprint density at radius 3 is 2.42 bits per heavy atom. The number of thiocarbonyl (C=S) groups is 1. The zero-order valence-corrected chi connectivity index (χ0v) is 25.0. The van der Waals surface area contributed by atoms with Gasteiger partial charge < -0.3 is 20.1 Å². The fraction of sp³-hybridized carbons (Fsp3) is 0.281. The minimum atomic E-state index is -0.177. The first-order valence-corrected chi connectivity index (χ1v) is 14.4. The normalized spacial score (nSPS) is 16.9. The minimum Gasteiger partial charge on any atom is -0.351 e. The SMILES string of the molecule is CCc1ccc(-n2c(C)cc(C3C(c4ccccn4)NC(=S)N3c3ccc(NC(=O)C(C)C)c(Cl)c3)c2C)cc1. The van der Waals surface area contributed by atoms with Gasteiger partial charge in [0.2, 0.25) is 5.91 Å². The van der Waals surface area contributed by atoms with Crippen LogP contribution in [0.4, 0.5) is 11.4 Å². The predicted molar refractivity (Wildman–Crippen MR) is 167 cm³/mol. The molecule has 1 amide bonds. The van der Waals surface area contributed by atoms with Gasteiger partial charge in [0.15, 0.2) is 5.11 Å². The summed E-state index contributed by atoms with van der Waals surface area (Å²) in [5.74, 6) is -0.233. The molecule has 40 heavy (non-hydrogen) atoms. The van der Waals surface area contributed by atoms with E-state index >= 15 is 0 Å². The van der Waals surface area contributed by atoms with Crippen molar-refractivity contribution in [3.63, 3.8) is 0 Å². The summed E-state index contributed by atoms with van der Waals surface area (Å²) in [5.41, 5.74) is 8.17. The van der Waals surface area contributed by atoms with Crippen LogP contribution in [-0.2, 0) is 11.2 Å². The maximum atomic E-state index is 12.3. The fourth-order valence-corrected chi connectivity index (χ4v) is 5.91. The van der Waals surface area contributed by atoms with Crippen molar-refractivity contribution in [3.8, 4) is 5.69 Å². The van der Waals surface area contributed by atoms with E-state index in [1.165, 1.54) is 5.56 Å². The third kappa shape index (κ3) is 5.23. The van der Waals surface area contributed by atoms with Gasteiger partial charge in [0, 0.05) is 34.9 Å². The Morgan fingerprint density at radius 1 is 1.07 bits per heavy atom. The molecule has 2 unspecified atom stereocenters. The standard InChI is InChI=1S/C32H34ClN5OS/c1-6-22-10-12-23(13-11-22)37-20(4)17-25(21(37)5)30-29(28-9-7-8-16-34-28)36-32(40)38(30)24-14-15-27(26(33)18-24)35-31(39)19(2)3/h7-19,29-30H,6H2,1-5H3,(H,35,39)(H,36,40). The van der Waals surface area contributed by atoms with E-state index in [0.717, 1.165) is 40.4 Å². The van der Waals surface area contributed by atoms with Crippen molar-refractivity contribution in [2.45, 2.75) is 53.1 Å². The van der Waals surface area contributed by atoms with Crippen LogP contribution in [0.15, 0.2) is 72.9 Å². The van der Waals surface area contributed by atoms with E-state index in [0.29, 0.717) is 15.8 Å². The Morgan fingerprint density at radius 2 is 1.80 bits per heavy atom. The van der Waals surface area contributed by atoms with Gasteiger partial charge in [-0.1, -0.05) is 50.6 Å². The molecule has 1 aliphatic heterocycles. The zero-order valence-electron chi connectivity index (χ0n) is 23.4. The molecule has 2 aromatic heterocycles. The third-order valence-corrected chi connectivity index (χ3v) is 8.13. The molecule has 4 aromatic rings. The lowest BCUT2D eigenvalue weighted by molar-refractivity contribution is -0.118. The van der Waals surface area contributed by atoms with E-state index in [2.05, 4.69) is 76.2 Å². The summed E-state index contributed by atoms with van der Waals surface area (Å²) in [4.78, 5) is 19.1. The maximum absolute atomic E-state index is 12.3. The molecule has 5 rings (SSSR count). The molecule has 2 aromatic carbocycles. The molecule has 0 saturated carbocycles. The number of nitrogens with zero attached hydrogens (tertiary/aromatic N) is 3. The summed E-state index contributed by atoms with van der Waals surface area (Å²) in [7, 11) is 0. The molecule has 0 bridgehead atoms. The molecule has 0 spiro atoms. The van der Waals surface area contributed by atoms with Crippen molar-refractivity contribution in [2.75, 3.05) is 10.2 Å². The highest BCUT2D eigenvalue weighted by atomic mass is 35.5. The Bertz CT molecular complexity index is 1550. The largest absolute Gasteiger partial charge is 0.351 e. The minimum absolute atomic E-state index is 0.0829. The van der Waals surface area contributed by atoms with E-state index < -0.39 is 0 Å². The van der Waals surface area contributed by atoms with Crippen LogP contribution in [0.2, 0.25) is 5.02 Å². The number of aromatic nitrogens is 2. The highest BCUT2D eigenvalue weighted by molar-refractivity contribution is 7.80. The molecule has 1 aliphatic rings. The summed E-state index contributed by atoms with van der Waals surface area (Å²) in [6.45, 7) is 10.2. The Hall–Kier alpha value is -3.68. The van der Waals surface area contributed by atoms with E-state index in [1.54, 1.807) is 6.20 Å². The second kappa shape index (κ2) is 11.4. The van der Waals surface area contributed by atoms with Crippen LogP contribution in [0.3, 0.4) is 0 Å². The first-order valence-electron chi connectivity index (χ1n) is 13.6. The maximum Gasteiger partial charge on any atom is 0.226 e. The lowest BCUT2D eigenvalue weighted by Gasteiger charge is -2.28. The van der Waals surface area contributed by atoms with E-state index in [9.17, 15) is 4.79 Å². The quantitative estimate of drug-likeness (QED) is 0.225. The number of benzene rings is 2. The van der Waals surface area contributed by atoms with Crippen molar-refractivity contribution < 1.29 is 4.79 Å². The summed E-state index contributed by atoms with van der Waals surface area (Å²) < 4.78 is 2.29. The average Bonchev–Trinajstić information content (AvgIpc) is 3.44. The molecule has 0 aliphatic carbocycles. The van der Waals surface area contributed by atoms with Crippen molar-refractivity contribution in [3.05, 3.63) is 106 Å². The molecular weight excluding hydrogens is 538 g/mol. The lowest BCUT2D eigenvalue weighted by Crippen LogP contribution is -2.29. The van der Waals surface area contributed by atoms with Crippen LogP contribution in [0.1, 0.15) is 61.1 Å². The summed E-state index contributed by atoms with van der Waals surface area (Å²) in [6, 6.07) is 22.2. The van der Waals surface area contributed by atoms with Gasteiger partial charge in [-0.25, -0.2) is 0 Å². The van der Waals surface area contributed by atoms with Gasteiger partial charge in [0.05, 0.1) is 28.5 Å². The highest BCUT2D eigenvalue weighted by Crippen LogP contribution is 2.44. The van der Waals surface area contributed by atoms with Crippen LogP contribution in [0, 0.1) is 19.8 Å². The monoisotopic (exact) mass is 571 g/mol. The molecule has 3 heterocycles. The van der Waals surface area contributed by atoms with Crippen LogP contribution in [0.25, 0.3) is 5.69 Å². The molecule has 1 saturated heterocycles. The third-order valence-electron chi connectivity index (χ3n) is 7.50. The fourth-order valence-electron chi connectivity index (χ4n) is 5.35. The number of pyridine rings is 1. The second-order valence-corrected chi connectivity index (χ2v) is 11.3. The van der Waals surface area contributed by atoms with Crippen molar-refractivity contribution in [1.82, 2.24) is 14.9 Å². The number of hydrogen-bond donors (Lipinski definition) is 2. The highest BCUT2D eigenvalue weighted by Gasteiger charge is 2.42. The topological polar surface area (TPSA) is 62.2 Å². The first-order chi connectivity index (χ1) is 19.2. The Labute approximate surface area is 246 Å². The summed E-state index contributed by atoms with van der Waals surface area (Å²) in [6.07, 6.45) is 2.81. The van der Waals surface area contributed by atoms with Crippen molar-refractivity contribution in [1.29, 1.82) is 0 Å². The number of anilines is 2. The van der Waals surface area contributed by atoms with Gasteiger partial charge in [-0.05, 0) is 92.1 Å². The number of rotatable bonds is 7. The summed E-state index contributed by atoms with van der Waals surface area (Å²) >= 11 is 12.6. The molecule has 2 atom stereocenters. The second-order valence-electron chi connectivity index (χ2n) is 10.5. The zero-order chi connectivity index (χ0) is 28.6. The van der Waals surface area contributed by atoms with Gasteiger partial charge in [-0.3, -0.25) is 9.78 Å². The number of nitrogens with one attached hydrogen (secondary N) is 2. The van der Waals surface area contributed by atoms with Crippen molar-refractivity contribution in [2.24, 2.45) is 5.92 Å². The molecule has 2 N–H and O–H groups in total. The van der Waals surface area contributed by atoms with Gasteiger partial charge in [0.25, 0.3) is 0 Å². The van der Waals surface area contributed by atoms with Gasteiger partial charge in [-0.15, -0.1) is 0 Å². The van der Waals surface area contributed by atoms with E-state index in [-0.39, 0.29) is 23.9 Å². The van der Waals surface area contributed by atoms with Gasteiger partial charge in [-0.2, -0.15) is 0 Å². The summed E-state index contributed by atoms with van der Waals surface area (Å²) in [5, 5.41) is 7.49. The number of carbonyl (C=O) groups is 1.